The molecule has 4 aliphatic rings. The van der Waals surface area contributed by atoms with E-state index in [0.717, 1.165) is 53.4 Å². The molecule has 4 aromatic carbocycles. The number of alkyl halides is 12. The average molecular weight is 1930 g/mol. The van der Waals surface area contributed by atoms with Crippen molar-refractivity contribution in [1.82, 2.24) is 98.1 Å². The lowest BCUT2D eigenvalue weighted by atomic mass is 9.97. The van der Waals surface area contributed by atoms with Crippen LogP contribution in [-0.4, -0.2) is 187 Å². The number of amides is 8. The molecule has 8 aromatic heterocycles. The topological polar surface area (TPSA) is 326 Å². The van der Waals surface area contributed by atoms with E-state index in [-0.39, 0.29) is 107 Å². The Hall–Kier alpha value is -14.5. The van der Waals surface area contributed by atoms with Gasteiger partial charge in [0, 0.05) is 110 Å². The maximum Gasteiger partial charge on any atom is 0.416 e. The molecule has 8 amide bonds. The molecule has 32 nitrogen and oxygen atoms in total. The van der Waals surface area contributed by atoms with E-state index in [2.05, 4.69) is 128 Å². The predicted molar refractivity (Wildman–Crippen MR) is 496 cm³/mol. The lowest BCUT2D eigenvalue weighted by molar-refractivity contribution is -0.138. The van der Waals surface area contributed by atoms with Gasteiger partial charge in [0.2, 0.25) is 23.8 Å². The number of anilines is 8. The lowest BCUT2D eigenvalue weighted by Crippen LogP contribution is -2.40. The van der Waals surface area contributed by atoms with Crippen LogP contribution in [0.3, 0.4) is 0 Å². The second kappa shape index (κ2) is 41.2. The molecule has 0 radical (unpaired) electrons. The summed E-state index contributed by atoms with van der Waals surface area (Å²) in [5, 5.41) is 15.6. The highest BCUT2D eigenvalue weighted by Gasteiger charge is 2.48. The van der Waals surface area contributed by atoms with Crippen molar-refractivity contribution in [3.05, 3.63) is 241 Å². The van der Waals surface area contributed by atoms with Crippen molar-refractivity contribution in [2.45, 2.75) is 195 Å². The number of urea groups is 4. The summed E-state index contributed by atoms with van der Waals surface area (Å²) in [7, 11) is 3.58. The molecule has 732 valence electrons. The molecule has 4 fully saturated rings. The molecule has 16 rings (SSSR count). The number of benzene rings is 4. The molecular weight excluding hydrogens is 1810 g/mol. The van der Waals surface area contributed by atoms with Crippen molar-refractivity contribution >= 4 is 71.2 Å². The van der Waals surface area contributed by atoms with E-state index in [9.17, 15) is 71.9 Å². The third-order valence-corrected chi connectivity index (χ3v) is 23.9. The van der Waals surface area contributed by atoms with E-state index in [1.165, 1.54) is 73.4 Å². The molecule has 0 saturated carbocycles. The number of nitrogens with zero attached hydrogens (tertiary/aromatic N) is 23. The fraction of sp³-hybridized carbons (Fsp3) is 0.404. The van der Waals surface area contributed by atoms with E-state index >= 15 is 0 Å². The zero-order valence-electron chi connectivity index (χ0n) is 83.1. The third-order valence-electron chi connectivity index (χ3n) is 23.9. The van der Waals surface area contributed by atoms with Crippen LogP contribution in [0, 0.1) is 23.7 Å². The van der Waals surface area contributed by atoms with E-state index in [0.29, 0.717) is 80.8 Å². The highest BCUT2D eigenvalue weighted by atomic mass is 19.4. The lowest BCUT2D eigenvalue weighted by Gasteiger charge is -2.28. The normalized spacial score (nSPS) is 20.0. The number of hydrogen-bond acceptors (Lipinski definition) is 20. The van der Waals surface area contributed by atoms with Crippen LogP contribution in [0.4, 0.5) is 119 Å². The summed E-state index contributed by atoms with van der Waals surface area (Å²) in [6, 6.07) is 21.8. The number of carbonyl (C=O) groups excluding carboxylic acids is 4. The Morgan fingerprint density at radius 3 is 0.862 bits per heavy atom. The maximum absolute atomic E-state index is 13.1. The molecule has 12 aromatic rings. The van der Waals surface area contributed by atoms with E-state index < -0.39 is 84.5 Å². The Bertz CT molecular complexity index is 6240. The number of hydrogen-bond donors (Lipinski definition) is 5. The molecule has 44 heteroatoms. The van der Waals surface area contributed by atoms with Crippen LogP contribution in [0.25, 0.3) is 22.7 Å². The number of likely N-dealkylation sites (N-methyl/N-ethyl adjacent to an activating group) is 3. The van der Waals surface area contributed by atoms with Crippen LogP contribution in [-0.2, 0) is 24.7 Å². The fourth-order valence-corrected chi connectivity index (χ4v) is 16.4. The summed E-state index contributed by atoms with van der Waals surface area (Å²) < 4.78 is 200. The molecule has 0 unspecified atom stereocenters. The SMILES string of the molecule is CC(C)[C@H]1[C@@H](C)N(C)C(=O)N1c1ccnc(N[C@@H](C)c2cn(-c3ccc(C(F)(F)F)cc3)cn2)n1.CC(C)[C@H]1[C@H](C)N(C)C(=O)N1c1ccnc(N[C@@H](C)c2cn(-c3ccc(C(F)(F)F)cc3)cn2)n1.CC(C)[C@H]1[C@H](C)NC(=O)N1c1ccnc(N[C@@H](C)c2cn(-c3ccc(C(F)(F)F)cc3)cn2)n1.[2H]C([2H])([2H])N1C(=O)N(c2ccnc(N[C@@H](C)c3cn(-c4ccc(C(F)(F)F)cc4)cn3)n2)[C@@H](C(C)C)C1([2H])[2H]. The summed E-state index contributed by atoms with van der Waals surface area (Å²) in [5.41, 5.74) is 1.78. The number of nitrogens with one attached hydrogen (secondary N) is 5. The smallest absolute Gasteiger partial charge is 0.346 e. The molecular formula is C94H108F12N28O4. The molecule has 0 spiro atoms. The van der Waals surface area contributed by atoms with E-state index in [4.69, 9.17) is 6.85 Å². The third kappa shape index (κ3) is 22.9. The van der Waals surface area contributed by atoms with Crippen LogP contribution in [0.2, 0.25) is 0 Å². The van der Waals surface area contributed by atoms with Crippen molar-refractivity contribution in [3.8, 4) is 22.7 Å². The number of imidazole rings is 4. The highest BCUT2D eigenvalue weighted by Crippen LogP contribution is 2.40. The molecule has 0 aliphatic carbocycles. The minimum absolute atomic E-state index is 0.00744. The van der Waals surface area contributed by atoms with Gasteiger partial charge in [-0.15, -0.1) is 0 Å². The molecule has 4 saturated heterocycles. The van der Waals surface area contributed by atoms with Crippen molar-refractivity contribution < 1.29 is 78.7 Å². The first-order chi connectivity index (χ1) is 67.0. The number of rotatable bonds is 24. The van der Waals surface area contributed by atoms with Gasteiger partial charge in [-0.25, -0.2) is 59.0 Å². The largest absolute Gasteiger partial charge is 0.416 e. The fourth-order valence-electron chi connectivity index (χ4n) is 16.4. The Labute approximate surface area is 795 Å². The Kier molecular flexibility index (Phi) is 28.0. The van der Waals surface area contributed by atoms with Gasteiger partial charge in [0.25, 0.3) is 0 Å². The first kappa shape index (κ1) is 93.9. The first-order valence-electron chi connectivity index (χ1n) is 46.6. The predicted octanol–water partition coefficient (Wildman–Crippen LogP) is 19.8. The Balaban J connectivity index is 0.000000160. The second-order valence-corrected chi connectivity index (χ2v) is 35.0. The number of aromatic nitrogens is 16. The quantitative estimate of drug-likeness (QED) is 0.0351. The van der Waals surface area contributed by atoms with Crippen LogP contribution in [0.15, 0.2) is 196 Å². The average Bonchev–Trinajstić information content (AvgIpc) is 1.56. The molecule has 4 aliphatic heterocycles. The van der Waals surface area contributed by atoms with Gasteiger partial charge in [-0.1, -0.05) is 55.4 Å². The molecule has 11 atom stereocenters. The van der Waals surface area contributed by atoms with Gasteiger partial charge in [-0.2, -0.15) is 72.6 Å². The summed E-state index contributed by atoms with van der Waals surface area (Å²) in [5.74, 6) is 2.91. The minimum atomic E-state index is -4.44. The Morgan fingerprint density at radius 2 is 0.616 bits per heavy atom. The molecule has 12 heterocycles. The zero-order chi connectivity index (χ0) is 105. The zero-order valence-corrected chi connectivity index (χ0v) is 78.1. The van der Waals surface area contributed by atoms with Gasteiger partial charge >= 0.3 is 48.8 Å². The highest BCUT2D eigenvalue weighted by molar-refractivity contribution is 5.97. The van der Waals surface area contributed by atoms with E-state index in [1.54, 1.807) is 152 Å². The van der Waals surface area contributed by atoms with Crippen molar-refractivity contribution in [2.75, 3.05) is 68.4 Å². The van der Waals surface area contributed by atoms with Gasteiger partial charge in [-0.3, -0.25) is 19.6 Å². The standard InChI is InChI=1S/2C24H28F3N7O.2C23H26F3N7O/c2*1-14(2)21-16(4)32(5)23(35)34(21)20-10-11-28-22(31-20)30-15(3)19-12-33(13-29-19)18-8-6-17(7-9-18)24(25,26)27;1-14(2)19-12-31(4)22(34)33(19)20-9-10-27-21(30-20)29-15(3)18-11-32(13-28-18)17-7-5-16(6-8-17)23(24,25)26;1-13(2)20-15(4)30-22(34)33(20)19-9-10-27-21(31-19)29-14(3)18-11-32(12-28-18)17-7-5-16(6-8-17)23(24,25)26/h2*6-16,21H,1-5H3,(H,28,30,31);5-11,13-15,19H,12H2,1-4H3,(H,27,29,30);5-15,20H,1-4H3,(H,30,34)(H,27,29,31)/t15-,16+,21-;15-,16-,21-;15-,19+;14-,15-,20-/m0000/s1/i;;4D3,12D2;. The van der Waals surface area contributed by atoms with Gasteiger partial charge in [-0.05, 0) is 193 Å². The first-order valence-corrected chi connectivity index (χ1v) is 44.1. The molecule has 5 N–H and O–H groups in total. The van der Waals surface area contributed by atoms with Crippen molar-refractivity contribution in [2.24, 2.45) is 23.7 Å². The van der Waals surface area contributed by atoms with Crippen molar-refractivity contribution in [1.29, 1.82) is 0 Å². The molecule has 138 heavy (non-hydrogen) atoms. The number of halogens is 12. The van der Waals surface area contributed by atoms with Gasteiger partial charge in [0.15, 0.2) is 0 Å². The van der Waals surface area contributed by atoms with Gasteiger partial charge in [0.05, 0.1) is 133 Å². The maximum atomic E-state index is 13.1. The van der Waals surface area contributed by atoms with Crippen LogP contribution in [0.5, 0.6) is 0 Å². The summed E-state index contributed by atoms with van der Waals surface area (Å²) in [6.45, 7) is 23.7. The van der Waals surface area contributed by atoms with Crippen LogP contribution < -0.4 is 46.2 Å². The minimum Gasteiger partial charge on any atom is -0.346 e. The van der Waals surface area contributed by atoms with Crippen molar-refractivity contribution in [3.63, 3.8) is 0 Å². The summed E-state index contributed by atoms with van der Waals surface area (Å²) >= 11 is 0. The molecule has 0 bridgehead atoms. The second-order valence-electron chi connectivity index (χ2n) is 35.0. The van der Waals surface area contributed by atoms with Crippen LogP contribution in [0.1, 0.15) is 180 Å². The summed E-state index contributed by atoms with van der Waals surface area (Å²) in [6.07, 6.45) is 1.48. The Morgan fingerprint density at radius 1 is 0.355 bits per heavy atom. The van der Waals surface area contributed by atoms with Crippen LogP contribution >= 0.6 is 0 Å². The van der Waals surface area contributed by atoms with Gasteiger partial charge in [0.1, 0.15) is 23.3 Å². The van der Waals surface area contributed by atoms with E-state index in [1.807, 2.05) is 41.5 Å². The summed E-state index contributed by atoms with van der Waals surface area (Å²) in [4.78, 5) is 114. The number of carbonyl (C=O) groups is 4. The monoisotopic (exact) mass is 1930 g/mol. The van der Waals surface area contributed by atoms with Gasteiger partial charge < -0.3 is 59.6 Å².